The standard InChI is InChI=1S/C32H33NO5/c1-6-7-8-15-37-25-14-11-22(18-27(25)36-5)29-28-30(34)24-16-20(3)21(4)17-26(24)38-31(28)32(35)33(29)23-12-9-19(2)10-13-23/h9-14,16-18,29H,6-8,15H2,1-5H3. The van der Waals surface area contributed by atoms with Crippen molar-refractivity contribution in [1.29, 1.82) is 0 Å². The number of anilines is 1. The Balaban J connectivity index is 1.68. The van der Waals surface area contributed by atoms with E-state index in [4.69, 9.17) is 13.9 Å². The number of hydrogen-bond donors (Lipinski definition) is 0. The normalized spacial score (nSPS) is 14.7. The quantitative estimate of drug-likeness (QED) is 0.237. The highest BCUT2D eigenvalue weighted by Gasteiger charge is 2.44. The highest BCUT2D eigenvalue weighted by Crippen LogP contribution is 2.43. The Morgan fingerprint density at radius 1 is 0.895 bits per heavy atom. The van der Waals surface area contributed by atoms with Gasteiger partial charge in [0.1, 0.15) is 5.58 Å². The van der Waals surface area contributed by atoms with E-state index in [2.05, 4.69) is 6.92 Å². The van der Waals surface area contributed by atoms with Crippen LogP contribution < -0.4 is 19.8 Å². The Morgan fingerprint density at radius 2 is 1.63 bits per heavy atom. The van der Waals surface area contributed by atoms with Crippen molar-refractivity contribution >= 4 is 22.6 Å². The molecule has 1 amide bonds. The van der Waals surface area contributed by atoms with E-state index in [1.807, 2.05) is 75.4 Å². The zero-order valence-electron chi connectivity index (χ0n) is 22.6. The molecule has 0 radical (unpaired) electrons. The molecule has 6 heteroatoms. The topological polar surface area (TPSA) is 69.0 Å². The fourth-order valence-corrected chi connectivity index (χ4v) is 5.02. The first-order valence-electron chi connectivity index (χ1n) is 13.1. The fraction of sp³-hybridized carbons (Fsp3) is 0.312. The molecule has 6 nitrogen and oxygen atoms in total. The summed E-state index contributed by atoms with van der Waals surface area (Å²) in [7, 11) is 1.59. The molecule has 1 unspecified atom stereocenters. The van der Waals surface area contributed by atoms with Crippen LogP contribution in [0.4, 0.5) is 5.69 Å². The molecule has 1 aliphatic heterocycles. The molecule has 3 aromatic carbocycles. The van der Waals surface area contributed by atoms with Crippen molar-refractivity contribution in [2.75, 3.05) is 18.6 Å². The molecule has 5 rings (SSSR count). The average Bonchev–Trinajstić information content (AvgIpc) is 3.20. The lowest BCUT2D eigenvalue weighted by Crippen LogP contribution is -2.29. The lowest BCUT2D eigenvalue weighted by molar-refractivity contribution is 0.0971. The predicted molar refractivity (Wildman–Crippen MR) is 150 cm³/mol. The summed E-state index contributed by atoms with van der Waals surface area (Å²) >= 11 is 0. The number of aryl methyl sites for hydroxylation is 3. The van der Waals surface area contributed by atoms with E-state index in [0.717, 1.165) is 41.5 Å². The van der Waals surface area contributed by atoms with Crippen LogP contribution in [0.2, 0.25) is 0 Å². The number of fused-ring (bicyclic) bond motifs is 2. The second-order valence-electron chi connectivity index (χ2n) is 9.99. The summed E-state index contributed by atoms with van der Waals surface area (Å²) in [5, 5.41) is 0.471. The number of ether oxygens (including phenoxy) is 2. The summed E-state index contributed by atoms with van der Waals surface area (Å²) in [6.07, 6.45) is 3.16. The lowest BCUT2D eigenvalue weighted by Gasteiger charge is -2.26. The van der Waals surface area contributed by atoms with Crippen molar-refractivity contribution in [2.24, 2.45) is 0 Å². The third-order valence-corrected chi connectivity index (χ3v) is 7.31. The molecule has 0 bridgehead atoms. The number of carbonyl (C=O) groups excluding carboxylic acids is 1. The van der Waals surface area contributed by atoms with E-state index < -0.39 is 6.04 Å². The Bertz CT molecular complexity index is 1570. The second kappa shape index (κ2) is 10.4. The van der Waals surface area contributed by atoms with Gasteiger partial charge >= 0.3 is 0 Å². The molecule has 4 aromatic rings. The first-order chi connectivity index (χ1) is 18.3. The minimum absolute atomic E-state index is 0.0789. The van der Waals surface area contributed by atoms with E-state index in [1.54, 1.807) is 12.0 Å². The van der Waals surface area contributed by atoms with Crippen molar-refractivity contribution in [3.05, 3.63) is 98.4 Å². The van der Waals surface area contributed by atoms with Gasteiger partial charge in [0.05, 0.1) is 30.7 Å². The molecule has 2 heterocycles. The van der Waals surface area contributed by atoms with Gasteiger partial charge in [-0.1, -0.05) is 43.5 Å². The first-order valence-corrected chi connectivity index (χ1v) is 13.1. The van der Waals surface area contributed by atoms with Gasteiger partial charge in [-0.05, 0) is 80.3 Å². The van der Waals surface area contributed by atoms with E-state index in [-0.39, 0.29) is 17.1 Å². The maximum Gasteiger partial charge on any atom is 0.295 e. The summed E-state index contributed by atoms with van der Waals surface area (Å²) in [6, 6.07) is 16.3. The Labute approximate surface area is 222 Å². The van der Waals surface area contributed by atoms with Crippen molar-refractivity contribution in [3.8, 4) is 11.5 Å². The van der Waals surface area contributed by atoms with Crippen LogP contribution in [0.5, 0.6) is 11.5 Å². The Kier molecular flexibility index (Phi) is 6.98. The van der Waals surface area contributed by atoms with Crippen molar-refractivity contribution in [1.82, 2.24) is 0 Å². The van der Waals surface area contributed by atoms with Crippen LogP contribution in [-0.2, 0) is 0 Å². The van der Waals surface area contributed by atoms with Crippen LogP contribution >= 0.6 is 0 Å². The largest absolute Gasteiger partial charge is 0.493 e. The van der Waals surface area contributed by atoms with Crippen LogP contribution in [0.1, 0.15) is 70.6 Å². The van der Waals surface area contributed by atoms with Gasteiger partial charge in [-0.15, -0.1) is 0 Å². The second-order valence-corrected chi connectivity index (χ2v) is 9.99. The summed E-state index contributed by atoms with van der Waals surface area (Å²) < 4.78 is 17.8. The number of benzene rings is 3. The van der Waals surface area contributed by atoms with E-state index in [1.165, 1.54) is 0 Å². The minimum Gasteiger partial charge on any atom is -0.493 e. The molecule has 0 spiro atoms. The summed E-state index contributed by atoms with van der Waals surface area (Å²) in [5.41, 5.74) is 5.05. The summed E-state index contributed by atoms with van der Waals surface area (Å²) in [4.78, 5) is 29.5. The van der Waals surface area contributed by atoms with Gasteiger partial charge < -0.3 is 13.9 Å². The summed E-state index contributed by atoms with van der Waals surface area (Å²) in [6.45, 7) is 8.67. The zero-order valence-corrected chi connectivity index (χ0v) is 22.6. The molecule has 196 valence electrons. The number of carbonyl (C=O) groups is 1. The highest BCUT2D eigenvalue weighted by molar-refractivity contribution is 6.10. The van der Waals surface area contributed by atoms with Gasteiger partial charge in [-0.2, -0.15) is 0 Å². The molecular weight excluding hydrogens is 478 g/mol. The van der Waals surface area contributed by atoms with E-state index >= 15 is 0 Å². The molecule has 1 aliphatic rings. The molecule has 0 saturated heterocycles. The average molecular weight is 512 g/mol. The number of amides is 1. The van der Waals surface area contributed by atoms with Crippen LogP contribution in [0.25, 0.3) is 11.0 Å². The predicted octanol–water partition coefficient (Wildman–Crippen LogP) is 7.05. The third kappa shape index (κ3) is 4.44. The Morgan fingerprint density at radius 3 is 2.34 bits per heavy atom. The van der Waals surface area contributed by atoms with Gasteiger partial charge in [0, 0.05) is 5.69 Å². The molecule has 0 saturated carbocycles. The Hall–Kier alpha value is -4.06. The zero-order chi connectivity index (χ0) is 27.0. The number of unbranched alkanes of at least 4 members (excludes halogenated alkanes) is 2. The smallest absolute Gasteiger partial charge is 0.295 e. The van der Waals surface area contributed by atoms with E-state index in [0.29, 0.717) is 40.3 Å². The molecule has 1 aromatic heterocycles. The van der Waals surface area contributed by atoms with Gasteiger partial charge in [-0.25, -0.2) is 0 Å². The van der Waals surface area contributed by atoms with Gasteiger partial charge in [0.2, 0.25) is 5.76 Å². The number of methoxy groups -OCH3 is 1. The number of rotatable bonds is 8. The van der Waals surface area contributed by atoms with Gasteiger partial charge in [0.25, 0.3) is 5.91 Å². The monoisotopic (exact) mass is 511 g/mol. The number of hydrogen-bond acceptors (Lipinski definition) is 5. The van der Waals surface area contributed by atoms with Gasteiger partial charge in [-0.3, -0.25) is 14.5 Å². The van der Waals surface area contributed by atoms with Crippen LogP contribution in [0, 0.1) is 20.8 Å². The molecule has 0 aliphatic carbocycles. The molecular formula is C32H33NO5. The molecule has 1 atom stereocenters. The van der Waals surface area contributed by atoms with Crippen molar-refractivity contribution < 1.29 is 18.7 Å². The SMILES string of the molecule is CCCCCOc1ccc(C2c3c(oc4cc(C)c(C)cc4c3=O)C(=O)N2c2ccc(C)cc2)cc1OC. The third-order valence-electron chi connectivity index (χ3n) is 7.31. The molecule has 0 fully saturated rings. The summed E-state index contributed by atoms with van der Waals surface area (Å²) in [5.74, 6) is 0.927. The van der Waals surface area contributed by atoms with Crippen LogP contribution in [-0.4, -0.2) is 19.6 Å². The maximum atomic E-state index is 14.0. The highest BCUT2D eigenvalue weighted by atomic mass is 16.5. The lowest BCUT2D eigenvalue weighted by atomic mass is 9.96. The van der Waals surface area contributed by atoms with Crippen LogP contribution in [0.15, 0.2) is 63.8 Å². The first kappa shape index (κ1) is 25.6. The molecule has 38 heavy (non-hydrogen) atoms. The van der Waals surface area contributed by atoms with Crippen molar-refractivity contribution in [2.45, 2.75) is 53.0 Å². The maximum absolute atomic E-state index is 14.0. The van der Waals surface area contributed by atoms with Crippen molar-refractivity contribution in [3.63, 3.8) is 0 Å². The van der Waals surface area contributed by atoms with E-state index in [9.17, 15) is 9.59 Å². The minimum atomic E-state index is -0.675. The fourth-order valence-electron chi connectivity index (χ4n) is 5.02. The molecule has 0 N–H and O–H groups in total. The van der Waals surface area contributed by atoms with Gasteiger partial charge in [0.15, 0.2) is 16.9 Å². The number of nitrogens with zero attached hydrogens (tertiary/aromatic N) is 1. The van der Waals surface area contributed by atoms with Crippen LogP contribution in [0.3, 0.4) is 0 Å².